The highest BCUT2D eigenvalue weighted by Gasteiger charge is 2.52. The van der Waals surface area contributed by atoms with Crippen LogP contribution < -0.4 is 5.46 Å². The van der Waals surface area contributed by atoms with Crippen LogP contribution in [0.25, 0.3) is 0 Å². The molecule has 0 radical (unpaired) electrons. The van der Waals surface area contributed by atoms with Crippen molar-refractivity contribution in [2.45, 2.75) is 38.9 Å². The number of hydrogen-bond acceptors (Lipinski definition) is 2. The van der Waals surface area contributed by atoms with E-state index < -0.39 is 7.12 Å². The second-order valence-electron chi connectivity index (χ2n) is 5.38. The average Bonchev–Trinajstić information content (AvgIpc) is 2.42. The topological polar surface area (TPSA) is 18.5 Å². The van der Waals surface area contributed by atoms with Crippen LogP contribution in [0.4, 0.5) is 0 Å². The van der Waals surface area contributed by atoms with Crippen LogP contribution >= 0.6 is 39.1 Å². The van der Waals surface area contributed by atoms with Gasteiger partial charge in [0.15, 0.2) is 0 Å². The van der Waals surface area contributed by atoms with E-state index in [1.165, 1.54) is 0 Å². The smallest absolute Gasteiger partial charge is 0.399 e. The van der Waals surface area contributed by atoms with Gasteiger partial charge in [0.2, 0.25) is 0 Å². The molecule has 0 bridgehead atoms. The van der Waals surface area contributed by atoms with Crippen LogP contribution in [0.15, 0.2) is 16.6 Å². The second-order valence-corrected chi connectivity index (χ2v) is 7.04. The quantitative estimate of drug-likeness (QED) is 0.561. The molecule has 2 nitrogen and oxygen atoms in total. The summed E-state index contributed by atoms with van der Waals surface area (Å²) in [5.74, 6) is 0. The molecule has 2 rings (SSSR count). The van der Waals surface area contributed by atoms with Crippen molar-refractivity contribution in [1.29, 1.82) is 0 Å². The van der Waals surface area contributed by atoms with E-state index in [2.05, 4.69) is 15.9 Å². The summed E-state index contributed by atoms with van der Waals surface area (Å²) in [6.07, 6.45) is 0. The maximum absolute atomic E-state index is 6.22. The third kappa shape index (κ3) is 2.46. The third-order valence-electron chi connectivity index (χ3n) is 3.55. The zero-order valence-electron chi connectivity index (χ0n) is 10.7. The van der Waals surface area contributed by atoms with Gasteiger partial charge in [-0.3, -0.25) is 0 Å². The Balaban J connectivity index is 2.38. The summed E-state index contributed by atoms with van der Waals surface area (Å²) >= 11 is 15.6. The van der Waals surface area contributed by atoms with E-state index in [1.807, 2.05) is 27.7 Å². The molecule has 1 heterocycles. The summed E-state index contributed by atoms with van der Waals surface area (Å²) in [5, 5.41) is 1.16. The van der Waals surface area contributed by atoms with Crippen molar-refractivity contribution < 1.29 is 9.31 Å². The zero-order chi connectivity index (χ0) is 13.7. The normalized spacial score (nSPS) is 21.4. The van der Waals surface area contributed by atoms with Crippen LogP contribution in [0, 0.1) is 0 Å². The first-order chi connectivity index (χ1) is 8.14. The van der Waals surface area contributed by atoms with E-state index in [4.69, 9.17) is 32.5 Å². The van der Waals surface area contributed by atoms with Crippen LogP contribution in [0.3, 0.4) is 0 Å². The second kappa shape index (κ2) is 4.67. The van der Waals surface area contributed by atoms with Crippen LogP contribution in [0.5, 0.6) is 0 Å². The Morgan fingerprint density at radius 1 is 1.00 bits per heavy atom. The summed E-state index contributed by atoms with van der Waals surface area (Å²) in [7, 11) is -0.493. The summed E-state index contributed by atoms with van der Waals surface area (Å²) < 4.78 is 12.6. The number of benzene rings is 1. The molecule has 0 unspecified atom stereocenters. The molecule has 0 spiro atoms. The Kier molecular flexibility index (Phi) is 3.81. The molecule has 1 aliphatic rings. The van der Waals surface area contributed by atoms with Gasteiger partial charge in [-0.1, -0.05) is 23.2 Å². The van der Waals surface area contributed by atoms with Crippen LogP contribution in [-0.2, 0) is 9.31 Å². The molecule has 1 saturated heterocycles. The van der Waals surface area contributed by atoms with Crippen LogP contribution in [0.1, 0.15) is 27.7 Å². The first kappa shape index (κ1) is 14.7. The lowest BCUT2D eigenvalue weighted by atomic mass is 9.79. The molecule has 1 fully saturated rings. The van der Waals surface area contributed by atoms with Gasteiger partial charge in [-0.25, -0.2) is 0 Å². The Hall–Kier alpha value is 0.265. The molecule has 6 heteroatoms. The fourth-order valence-corrected chi connectivity index (χ4v) is 2.59. The van der Waals surface area contributed by atoms with E-state index >= 15 is 0 Å². The maximum atomic E-state index is 6.22. The fourth-order valence-electron chi connectivity index (χ4n) is 1.69. The fraction of sp³-hybridized carbons (Fsp3) is 0.500. The van der Waals surface area contributed by atoms with Gasteiger partial charge < -0.3 is 9.31 Å². The minimum atomic E-state index is -0.493. The molecule has 0 amide bonds. The van der Waals surface area contributed by atoms with Crippen molar-refractivity contribution in [1.82, 2.24) is 0 Å². The predicted octanol–water partition coefficient (Wildman–Crippen LogP) is 4.06. The van der Waals surface area contributed by atoms with E-state index in [1.54, 1.807) is 12.1 Å². The molecular weight excluding hydrogens is 338 g/mol. The van der Waals surface area contributed by atoms with Crippen LogP contribution in [0.2, 0.25) is 10.0 Å². The van der Waals surface area contributed by atoms with Crippen LogP contribution in [-0.4, -0.2) is 18.3 Å². The number of halogens is 3. The van der Waals surface area contributed by atoms with Gasteiger partial charge in [-0.2, -0.15) is 0 Å². The molecule has 0 aromatic heterocycles. The standard InChI is InChI=1S/C12H14BBrCl2O2/c1-11(2)12(3,4)18-13(17-11)7-5-10(16)8(14)6-9(7)15/h5-6H,1-4H3. The van der Waals surface area contributed by atoms with Gasteiger partial charge in [-0.15, -0.1) is 0 Å². The third-order valence-corrected chi connectivity index (χ3v) is 5.07. The van der Waals surface area contributed by atoms with Gasteiger partial charge >= 0.3 is 7.12 Å². The summed E-state index contributed by atoms with van der Waals surface area (Å²) in [6.45, 7) is 8.01. The highest BCUT2D eigenvalue weighted by Crippen LogP contribution is 2.37. The highest BCUT2D eigenvalue weighted by molar-refractivity contribution is 9.10. The first-order valence-corrected chi connectivity index (χ1v) is 7.19. The molecule has 0 atom stereocenters. The maximum Gasteiger partial charge on any atom is 0.496 e. The van der Waals surface area contributed by atoms with Crippen molar-refractivity contribution in [3.8, 4) is 0 Å². The van der Waals surface area contributed by atoms with E-state index in [9.17, 15) is 0 Å². The zero-order valence-corrected chi connectivity index (χ0v) is 13.8. The number of rotatable bonds is 1. The van der Waals surface area contributed by atoms with Crippen molar-refractivity contribution in [3.63, 3.8) is 0 Å². The Labute approximate surface area is 126 Å². The van der Waals surface area contributed by atoms with E-state index in [0.29, 0.717) is 10.0 Å². The lowest BCUT2D eigenvalue weighted by Crippen LogP contribution is -2.41. The Morgan fingerprint density at radius 2 is 1.50 bits per heavy atom. The lowest BCUT2D eigenvalue weighted by molar-refractivity contribution is 0.00578. The predicted molar refractivity (Wildman–Crippen MR) is 79.9 cm³/mol. The molecular formula is C12H14BBrCl2O2. The minimum Gasteiger partial charge on any atom is -0.399 e. The highest BCUT2D eigenvalue weighted by atomic mass is 79.9. The molecule has 1 aromatic rings. The summed E-state index contributed by atoms with van der Waals surface area (Å²) in [5.41, 5.74) is -0.0234. The van der Waals surface area contributed by atoms with Gasteiger partial charge in [0.05, 0.1) is 16.2 Å². The van der Waals surface area contributed by atoms with Gasteiger partial charge in [0, 0.05) is 15.0 Å². The average molecular weight is 352 g/mol. The minimum absolute atomic E-state index is 0.388. The van der Waals surface area contributed by atoms with E-state index in [0.717, 1.165) is 9.94 Å². The van der Waals surface area contributed by atoms with E-state index in [-0.39, 0.29) is 11.2 Å². The Bertz CT molecular complexity index is 475. The lowest BCUT2D eigenvalue weighted by Gasteiger charge is -2.32. The molecule has 0 aliphatic carbocycles. The molecule has 1 aliphatic heterocycles. The molecule has 0 saturated carbocycles. The SMILES string of the molecule is CC1(C)OB(c2cc(Cl)c(Br)cc2Cl)OC1(C)C. The van der Waals surface area contributed by atoms with Gasteiger partial charge in [0.1, 0.15) is 0 Å². The molecule has 1 aromatic carbocycles. The van der Waals surface area contributed by atoms with Gasteiger partial charge in [-0.05, 0) is 55.8 Å². The van der Waals surface area contributed by atoms with Crippen molar-refractivity contribution in [3.05, 3.63) is 26.7 Å². The summed E-state index contributed by atoms with van der Waals surface area (Å²) in [6, 6.07) is 3.53. The molecule has 18 heavy (non-hydrogen) atoms. The van der Waals surface area contributed by atoms with Crippen molar-refractivity contribution in [2.75, 3.05) is 0 Å². The van der Waals surface area contributed by atoms with Crippen molar-refractivity contribution >= 4 is 51.7 Å². The number of hydrogen-bond donors (Lipinski definition) is 0. The Morgan fingerprint density at radius 3 is 2.00 bits per heavy atom. The molecule has 98 valence electrons. The molecule has 0 N–H and O–H groups in total. The van der Waals surface area contributed by atoms with Crippen molar-refractivity contribution in [2.24, 2.45) is 0 Å². The van der Waals surface area contributed by atoms with Gasteiger partial charge in [0.25, 0.3) is 0 Å². The first-order valence-electron chi connectivity index (χ1n) is 5.64. The largest absolute Gasteiger partial charge is 0.496 e. The summed E-state index contributed by atoms with van der Waals surface area (Å²) in [4.78, 5) is 0. The monoisotopic (exact) mass is 350 g/mol.